The van der Waals surface area contributed by atoms with E-state index in [1.165, 1.54) is 0 Å². The Morgan fingerprint density at radius 1 is 1.88 bits per heavy atom. The van der Waals surface area contributed by atoms with Crippen molar-refractivity contribution in [3.05, 3.63) is 0 Å². The summed E-state index contributed by atoms with van der Waals surface area (Å²) in [5.74, 6) is 1.10. The number of thioether (sulfide) groups is 1. The maximum absolute atomic E-state index is 8.29. The lowest BCUT2D eigenvalue weighted by Crippen LogP contribution is -2.14. The highest BCUT2D eigenvalue weighted by molar-refractivity contribution is 8.08. The molecule has 0 aromatic carbocycles. The summed E-state index contributed by atoms with van der Waals surface area (Å²) in [6, 6.07) is 0. The molecule has 2 nitrogen and oxygen atoms in total. The SMILES string of the molecule is CC(=NO)C1(C)CS1. The van der Waals surface area contributed by atoms with Crippen molar-refractivity contribution in [2.75, 3.05) is 5.75 Å². The van der Waals surface area contributed by atoms with Crippen molar-refractivity contribution in [2.24, 2.45) is 5.16 Å². The quantitative estimate of drug-likeness (QED) is 0.252. The third kappa shape index (κ3) is 0.823. The Kier molecular flexibility index (Phi) is 1.23. The van der Waals surface area contributed by atoms with Gasteiger partial charge in [-0.3, -0.25) is 0 Å². The van der Waals surface area contributed by atoms with Crippen LogP contribution < -0.4 is 0 Å². The molecule has 0 aromatic rings. The normalized spacial score (nSPS) is 37.5. The molecule has 1 unspecified atom stereocenters. The molecule has 0 radical (unpaired) electrons. The Balaban J connectivity index is 2.59. The van der Waals surface area contributed by atoms with E-state index in [2.05, 4.69) is 12.1 Å². The van der Waals surface area contributed by atoms with E-state index in [9.17, 15) is 0 Å². The Labute approximate surface area is 53.0 Å². The summed E-state index contributed by atoms with van der Waals surface area (Å²) in [5, 5.41) is 11.4. The standard InChI is InChI=1S/C5H9NOS/c1-4(6-7)5(2)3-8-5/h7H,3H2,1-2H3. The van der Waals surface area contributed by atoms with Crippen LogP contribution in [0.2, 0.25) is 0 Å². The molecule has 1 rings (SSSR count). The van der Waals surface area contributed by atoms with Crippen LogP contribution in [-0.2, 0) is 0 Å². The first-order valence-corrected chi connectivity index (χ1v) is 3.51. The van der Waals surface area contributed by atoms with Crippen molar-refractivity contribution in [3.63, 3.8) is 0 Å². The second kappa shape index (κ2) is 1.65. The number of hydrogen-bond acceptors (Lipinski definition) is 3. The molecule has 1 atom stereocenters. The highest BCUT2D eigenvalue weighted by Crippen LogP contribution is 2.44. The van der Waals surface area contributed by atoms with Crippen LogP contribution in [0.1, 0.15) is 13.8 Å². The summed E-state index contributed by atoms with van der Waals surface area (Å²) in [4.78, 5) is 0. The zero-order chi connectivity index (χ0) is 6.20. The molecule has 46 valence electrons. The Hall–Kier alpha value is -0.180. The minimum Gasteiger partial charge on any atom is -0.411 e. The molecule has 3 heteroatoms. The third-order valence-corrected chi connectivity index (χ3v) is 2.94. The summed E-state index contributed by atoms with van der Waals surface area (Å²) in [5.41, 5.74) is 0.836. The van der Waals surface area contributed by atoms with E-state index in [1.54, 1.807) is 0 Å². The molecule has 1 fully saturated rings. The van der Waals surface area contributed by atoms with Crippen LogP contribution >= 0.6 is 11.8 Å². The van der Waals surface area contributed by atoms with Crippen LogP contribution in [0.4, 0.5) is 0 Å². The van der Waals surface area contributed by atoms with Gasteiger partial charge in [-0.25, -0.2) is 0 Å². The molecule has 1 aliphatic heterocycles. The fourth-order valence-electron chi connectivity index (χ4n) is 0.423. The van der Waals surface area contributed by atoms with E-state index in [1.807, 2.05) is 18.7 Å². The molecule has 1 saturated heterocycles. The van der Waals surface area contributed by atoms with Crippen molar-refractivity contribution in [1.29, 1.82) is 0 Å². The van der Waals surface area contributed by atoms with Crippen LogP contribution in [0.15, 0.2) is 5.16 Å². The van der Waals surface area contributed by atoms with Gasteiger partial charge in [0, 0.05) is 5.75 Å². The molecule has 0 amide bonds. The topological polar surface area (TPSA) is 32.6 Å². The molecule has 0 aromatic heterocycles. The zero-order valence-corrected chi connectivity index (χ0v) is 5.83. The van der Waals surface area contributed by atoms with Crippen LogP contribution in [0, 0.1) is 0 Å². The maximum Gasteiger partial charge on any atom is 0.0705 e. The molecular weight excluding hydrogens is 122 g/mol. The van der Waals surface area contributed by atoms with Gasteiger partial charge in [0.1, 0.15) is 0 Å². The first-order valence-electron chi connectivity index (χ1n) is 2.52. The van der Waals surface area contributed by atoms with Gasteiger partial charge in [-0.1, -0.05) is 5.16 Å². The molecule has 0 spiro atoms. The van der Waals surface area contributed by atoms with Crippen molar-refractivity contribution < 1.29 is 5.21 Å². The predicted molar refractivity (Wildman–Crippen MR) is 35.8 cm³/mol. The Bertz CT molecular complexity index is 128. The number of nitrogens with zero attached hydrogens (tertiary/aromatic N) is 1. The first kappa shape index (κ1) is 5.95. The fourth-order valence-corrected chi connectivity index (χ4v) is 1.10. The lowest BCUT2D eigenvalue weighted by Gasteiger charge is -1.99. The van der Waals surface area contributed by atoms with Crippen molar-refractivity contribution in [1.82, 2.24) is 0 Å². The van der Waals surface area contributed by atoms with Gasteiger partial charge in [-0.05, 0) is 13.8 Å². The Morgan fingerprint density at radius 2 is 2.38 bits per heavy atom. The highest BCUT2D eigenvalue weighted by atomic mass is 32.2. The van der Waals surface area contributed by atoms with Gasteiger partial charge in [0.2, 0.25) is 0 Å². The molecule has 1 N–H and O–H groups in total. The van der Waals surface area contributed by atoms with E-state index in [0.29, 0.717) is 0 Å². The zero-order valence-electron chi connectivity index (χ0n) is 5.01. The summed E-state index contributed by atoms with van der Waals surface area (Å²) in [6.45, 7) is 3.92. The van der Waals surface area contributed by atoms with Gasteiger partial charge in [0.05, 0.1) is 10.5 Å². The van der Waals surface area contributed by atoms with Crippen LogP contribution in [0.5, 0.6) is 0 Å². The molecular formula is C5H9NOS. The number of rotatable bonds is 1. The lowest BCUT2D eigenvalue weighted by molar-refractivity contribution is 0.317. The second-order valence-electron chi connectivity index (χ2n) is 2.20. The van der Waals surface area contributed by atoms with Gasteiger partial charge in [0.25, 0.3) is 0 Å². The highest BCUT2D eigenvalue weighted by Gasteiger charge is 2.42. The molecule has 1 aliphatic rings. The van der Waals surface area contributed by atoms with Crippen molar-refractivity contribution >= 4 is 17.5 Å². The minimum atomic E-state index is 0.175. The van der Waals surface area contributed by atoms with Crippen LogP contribution in [-0.4, -0.2) is 21.4 Å². The fraction of sp³-hybridized carbons (Fsp3) is 0.800. The monoisotopic (exact) mass is 131 g/mol. The van der Waals surface area contributed by atoms with Gasteiger partial charge in [-0.2, -0.15) is 0 Å². The molecule has 8 heavy (non-hydrogen) atoms. The smallest absolute Gasteiger partial charge is 0.0705 e. The molecule has 0 aliphatic carbocycles. The van der Waals surface area contributed by atoms with Gasteiger partial charge >= 0.3 is 0 Å². The van der Waals surface area contributed by atoms with Crippen molar-refractivity contribution in [3.8, 4) is 0 Å². The van der Waals surface area contributed by atoms with E-state index < -0.39 is 0 Å². The van der Waals surface area contributed by atoms with E-state index in [-0.39, 0.29) is 4.75 Å². The van der Waals surface area contributed by atoms with Gasteiger partial charge in [0.15, 0.2) is 0 Å². The number of hydrogen-bond donors (Lipinski definition) is 1. The average Bonchev–Trinajstić information content (AvgIpc) is 2.47. The third-order valence-electron chi connectivity index (χ3n) is 1.49. The van der Waals surface area contributed by atoms with E-state index >= 15 is 0 Å². The predicted octanol–water partition coefficient (Wildman–Crippen LogP) is 1.34. The van der Waals surface area contributed by atoms with Gasteiger partial charge < -0.3 is 5.21 Å². The summed E-state index contributed by atoms with van der Waals surface area (Å²) >= 11 is 1.81. The molecule has 0 bridgehead atoms. The first-order chi connectivity index (χ1) is 3.69. The summed E-state index contributed by atoms with van der Waals surface area (Å²) in [7, 11) is 0. The van der Waals surface area contributed by atoms with Gasteiger partial charge in [-0.15, -0.1) is 11.8 Å². The molecule has 1 heterocycles. The Morgan fingerprint density at radius 3 is 2.50 bits per heavy atom. The van der Waals surface area contributed by atoms with Crippen molar-refractivity contribution in [2.45, 2.75) is 18.6 Å². The van der Waals surface area contributed by atoms with Crippen LogP contribution in [0.3, 0.4) is 0 Å². The average molecular weight is 131 g/mol. The maximum atomic E-state index is 8.29. The number of oxime groups is 1. The van der Waals surface area contributed by atoms with E-state index in [4.69, 9.17) is 5.21 Å². The second-order valence-corrected chi connectivity index (χ2v) is 3.68. The summed E-state index contributed by atoms with van der Waals surface area (Å²) < 4.78 is 0.175. The van der Waals surface area contributed by atoms with E-state index in [0.717, 1.165) is 11.5 Å². The summed E-state index contributed by atoms with van der Waals surface area (Å²) in [6.07, 6.45) is 0. The minimum absolute atomic E-state index is 0.175. The largest absolute Gasteiger partial charge is 0.411 e. The van der Waals surface area contributed by atoms with Crippen LogP contribution in [0.25, 0.3) is 0 Å². The molecule has 0 saturated carbocycles. The lowest BCUT2D eigenvalue weighted by atomic mass is 10.1.